The fourth-order valence-corrected chi connectivity index (χ4v) is 3.33. The number of H-pyrrole nitrogens is 1. The Bertz CT molecular complexity index is 897. The van der Waals surface area contributed by atoms with Crippen molar-refractivity contribution in [1.29, 1.82) is 0 Å². The number of carbonyl (C=O) groups excluding carboxylic acids is 1. The zero-order valence-electron chi connectivity index (χ0n) is 12.6. The second-order valence-electron chi connectivity index (χ2n) is 5.21. The summed E-state index contributed by atoms with van der Waals surface area (Å²) in [4.78, 5) is 31.1. The number of nitrogens with one attached hydrogen (secondary N) is 2. The smallest absolute Gasteiger partial charge is 0.347 e. The lowest BCUT2D eigenvalue weighted by molar-refractivity contribution is 0.0701. The van der Waals surface area contributed by atoms with E-state index in [1.807, 2.05) is 18.2 Å². The molecule has 1 unspecified atom stereocenters. The molecule has 3 rings (SSSR count). The summed E-state index contributed by atoms with van der Waals surface area (Å²) in [5.74, 6) is -1.21. The molecular formula is C16H15N3O3S. The van der Waals surface area contributed by atoms with Crippen LogP contribution in [0.1, 0.15) is 43.7 Å². The summed E-state index contributed by atoms with van der Waals surface area (Å²) in [5, 5.41) is 13.4. The lowest BCUT2D eigenvalue weighted by Crippen LogP contribution is -2.26. The van der Waals surface area contributed by atoms with Crippen LogP contribution >= 0.6 is 11.3 Å². The van der Waals surface area contributed by atoms with E-state index in [2.05, 4.69) is 15.3 Å². The number of carboxylic acid groups (broad SMARTS) is 1. The molecule has 3 aromatic rings. The fourth-order valence-electron chi connectivity index (χ4n) is 2.42. The highest BCUT2D eigenvalue weighted by Gasteiger charge is 2.20. The maximum absolute atomic E-state index is 12.5. The van der Waals surface area contributed by atoms with Gasteiger partial charge < -0.3 is 15.4 Å². The molecule has 0 spiro atoms. The molecular weight excluding hydrogens is 314 g/mol. The van der Waals surface area contributed by atoms with Crippen LogP contribution in [-0.2, 0) is 0 Å². The summed E-state index contributed by atoms with van der Waals surface area (Å²) in [7, 11) is 0. The lowest BCUT2D eigenvalue weighted by Gasteiger charge is -2.11. The first kappa shape index (κ1) is 15.2. The molecule has 0 aliphatic heterocycles. The number of aromatic carboxylic acids is 1. The Balaban J connectivity index is 1.84. The minimum atomic E-state index is -0.998. The van der Waals surface area contributed by atoms with Crippen molar-refractivity contribution in [3.8, 4) is 0 Å². The van der Waals surface area contributed by atoms with Crippen molar-refractivity contribution in [2.24, 2.45) is 0 Å². The van der Waals surface area contributed by atoms with Crippen LogP contribution in [0.15, 0.2) is 30.5 Å². The van der Waals surface area contributed by atoms with Gasteiger partial charge in [-0.05, 0) is 32.0 Å². The number of aromatic amines is 1. The highest BCUT2D eigenvalue weighted by Crippen LogP contribution is 2.24. The number of benzene rings is 1. The van der Waals surface area contributed by atoms with E-state index in [4.69, 9.17) is 5.11 Å². The minimum Gasteiger partial charge on any atom is -0.477 e. The molecule has 2 aromatic heterocycles. The van der Waals surface area contributed by atoms with Gasteiger partial charge in [0.05, 0.1) is 11.7 Å². The van der Waals surface area contributed by atoms with Gasteiger partial charge in [-0.2, -0.15) is 0 Å². The van der Waals surface area contributed by atoms with Crippen LogP contribution in [0.3, 0.4) is 0 Å². The van der Waals surface area contributed by atoms with Gasteiger partial charge in [-0.3, -0.25) is 4.79 Å². The third kappa shape index (κ3) is 2.83. The largest absolute Gasteiger partial charge is 0.477 e. The molecule has 7 heteroatoms. The zero-order valence-corrected chi connectivity index (χ0v) is 13.4. The number of amides is 1. The summed E-state index contributed by atoms with van der Waals surface area (Å²) in [5.41, 5.74) is 1.93. The van der Waals surface area contributed by atoms with E-state index < -0.39 is 5.97 Å². The van der Waals surface area contributed by atoms with Gasteiger partial charge in [-0.1, -0.05) is 6.07 Å². The van der Waals surface area contributed by atoms with Crippen LogP contribution in [0.25, 0.3) is 10.9 Å². The Labute approximate surface area is 136 Å². The second-order valence-corrected chi connectivity index (χ2v) is 6.24. The Kier molecular flexibility index (Phi) is 3.87. The Hall–Kier alpha value is -2.67. The fraction of sp³-hybridized carbons (Fsp3) is 0.188. The first-order valence-corrected chi connectivity index (χ1v) is 7.86. The number of nitrogens with zero attached hydrogens (tertiary/aromatic N) is 1. The molecule has 1 atom stereocenters. The quantitative estimate of drug-likeness (QED) is 0.685. The van der Waals surface area contributed by atoms with Crippen molar-refractivity contribution in [3.63, 3.8) is 0 Å². The van der Waals surface area contributed by atoms with Gasteiger partial charge in [-0.15, -0.1) is 11.3 Å². The average molecular weight is 329 g/mol. The number of aromatic nitrogens is 2. The molecule has 3 N–H and O–H groups in total. The summed E-state index contributed by atoms with van der Waals surface area (Å²) < 4.78 is 0. The van der Waals surface area contributed by atoms with E-state index in [0.717, 1.165) is 22.2 Å². The number of thiazole rings is 1. The number of rotatable bonds is 4. The van der Waals surface area contributed by atoms with Crippen molar-refractivity contribution in [3.05, 3.63) is 51.6 Å². The molecule has 0 bridgehead atoms. The van der Waals surface area contributed by atoms with Gasteiger partial charge in [0.2, 0.25) is 0 Å². The van der Waals surface area contributed by atoms with Gasteiger partial charge in [0.25, 0.3) is 5.91 Å². The second kappa shape index (κ2) is 5.85. The van der Waals surface area contributed by atoms with Crippen molar-refractivity contribution >= 4 is 34.1 Å². The van der Waals surface area contributed by atoms with Crippen molar-refractivity contribution in [2.75, 3.05) is 0 Å². The Morgan fingerprint density at radius 1 is 1.35 bits per heavy atom. The van der Waals surface area contributed by atoms with Gasteiger partial charge in [0, 0.05) is 22.7 Å². The van der Waals surface area contributed by atoms with Crippen molar-refractivity contribution < 1.29 is 14.7 Å². The third-order valence-electron chi connectivity index (χ3n) is 3.56. The molecule has 118 valence electrons. The molecule has 2 heterocycles. The monoisotopic (exact) mass is 329 g/mol. The molecule has 0 saturated heterocycles. The van der Waals surface area contributed by atoms with Crippen LogP contribution in [0.4, 0.5) is 0 Å². The lowest BCUT2D eigenvalue weighted by atomic mass is 10.1. The molecule has 0 radical (unpaired) electrons. The van der Waals surface area contributed by atoms with E-state index in [0.29, 0.717) is 16.3 Å². The predicted molar refractivity (Wildman–Crippen MR) is 88.0 cm³/mol. The van der Waals surface area contributed by atoms with E-state index in [1.54, 1.807) is 26.1 Å². The number of fused-ring (bicyclic) bond motifs is 1. The number of carboxylic acids is 1. The first-order chi connectivity index (χ1) is 11.0. The van der Waals surface area contributed by atoms with Crippen LogP contribution in [-0.4, -0.2) is 27.0 Å². The van der Waals surface area contributed by atoms with E-state index >= 15 is 0 Å². The van der Waals surface area contributed by atoms with Crippen LogP contribution in [0, 0.1) is 6.92 Å². The maximum Gasteiger partial charge on any atom is 0.347 e. The normalized spacial score (nSPS) is 12.3. The summed E-state index contributed by atoms with van der Waals surface area (Å²) >= 11 is 1.09. The predicted octanol–water partition coefficient (Wildman–Crippen LogP) is 3.12. The number of aryl methyl sites for hydroxylation is 1. The SMILES string of the molecule is Cc1nc(C(C)NC(=O)c2cccc3[nH]ccc23)sc1C(=O)O. The summed E-state index contributed by atoms with van der Waals surface area (Å²) in [6.45, 7) is 3.44. The van der Waals surface area contributed by atoms with E-state index in [1.165, 1.54) is 0 Å². The number of carbonyl (C=O) groups is 2. The molecule has 0 fully saturated rings. The maximum atomic E-state index is 12.5. The van der Waals surface area contributed by atoms with Crippen molar-refractivity contribution in [2.45, 2.75) is 19.9 Å². The molecule has 0 aliphatic rings. The highest BCUT2D eigenvalue weighted by atomic mass is 32.1. The van der Waals surface area contributed by atoms with E-state index in [9.17, 15) is 9.59 Å². The van der Waals surface area contributed by atoms with Gasteiger partial charge in [0.15, 0.2) is 0 Å². The zero-order chi connectivity index (χ0) is 16.6. The van der Waals surface area contributed by atoms with Gasteiger partial charge in [-0.25, -0.2) is 9.78 Å². The number of hydrogen-bond acceptors (Lipinski definition) is 4. The summed E-state index contributed by atoms with van der Waals surface area (Å²) in [6, 6.07) is 6.96. The molecule has 1 aromatic carbocycles. The first-order valence-electron chi connectivity index (χ1n) is 7.05. The Morgan fingerprint density at radius 2 is 2.13 bits per heavy atom. The molecule has 1 amide bonds. The number of hydrogen-bond donors (Lipinski definition) is 3. The molecule has 0 saturated carbocycles. The Morgan fingerprint density at radius 3 is 2.83 bits per heavy atom. The minimum absolute atomic E-state index is 0.203. The van der Waals surface area contributed by atoms with Gasteiger partial charge in [0.1, 0.15) is 9.88 Å². The van der Waals surface area contributed by atoms with E-state index in [-0.39, 0.29) is 16.8 Å². The molecule has 23 heavy (non-hydrogen) atoms. The molecule has 0 aliphatic carbocycles. The topological polar surface area (TPSA) is 95.1 Å². The average Bonchev–Trinajstić information content (AvgIpc) is 3.12. The third-order valence-corrected chi connectivity index (χ3v) is 4.89. The highest BCUT2D eigenvalue weighted by molar-refractivity contribution is 7.13. The van der Waals surface area contributed by atoms with Gasteiger partial charge >= 0.3 is 5.97 Å². The summed E-state index contributed by atoms with van der Waals surface area (Å²) in [6.07, 6.45) is 1.79. The van der Waals surface area contributed by atoms with Crippen LogP contribution in [0.2, 0.25) is 0 Å². The molecule has 6 nitrogen and oxygen atoms in total. The standard InChI is InChI=1S/C16H15N3O3S/c1-8-13(16(21)22)23-15(19-8)9(2)18-14(20)11-4-3-5-12-10(11)6-7-17-12/h3-7,9,17H,1-2H3,(H,18,20)(H,21,22). The van der Waals surface area contributed by atoms with Crippen molar-refractivity contribution in [1.82, 2.24) is 15.3 Å². The van der Waals surface area contributed by atoms with Crippen LogP contribution < -0.4 is 5.32 Å². The van der Waals surface area contributed by atoms with Crippen LogP contribution in [0.5, 0.6) is 0 Å².